The lowest BCUT2D eigenvalue weighted by atomic mass is 9.86. The lowest BCUT2D eigenvalue weighted by molar-refractivity contribution is -0.00147. The summed E-state index contributed by atoms with van der Waals surface area (Å²) < 4.78 is 0. The van der Waals surface area contributed by atoms with Gasteiger partial charge in [-0.05, 0) is 32.4 Å². The molecular formula is C14H29N3S. The quantitative estimate of drug-likeness (QED) is 0.825. The van der Waals surface area contributed by atoms with Crippen molar-refractivity contribution in [2.45, 2.75) is 38.8 Å². The lowest BCUT2D eigenvalue weighted by Gasteiger charge is -2.50. The Hall–Kier alpha value is 0.230. The summed E-state index contributed by atoms with van der Waals surface area (Å²) >= 11 is 2.08. The Labute approximate surface area is 116 Å². The van der Waals surface area contributed by atoms with Crippen LogP contribution in [0.1, 0.15) is 27.7 Å². The van der Waals surface area contributed by atoms with E-state index >= 15 is 0 Å². The van der Waals surface area contributed by atoms with Gasteiger partial charge in [0.1, 0.15) is 0 Å². The van der Waals surface area contributed by atoms with Gasteiger partial charge in [0.25, 0.3) is 0 Å². The van der Waals surface area contributed by atoms with Gasteiger partial charge in [-0.3, -0.25) is 9.80 Å². The van der Waals surface area contributed by atoms with E-state index in [2.05, 4.69) is 49.3 Å². The highest BCUT2D eigenvalue weighted by Gasteiger charge is 2.45. The summed E-state index contributed by atoms with van der Waals surface area (Å²) in [5.74, 6) is 3.23. The van der Waals surface area contributed by atoms with E-state index in [-0.39, 0.29) is 5.54 Å². The number of rotatable bonds is 2. The minimum absolute atomic E-state index is 0.272. The summed E-state index contributed by atoms with van der Waals surface area (Å²) in [7, 11) is 0. The topological polar surface area (TPSA) is 32.5 Å². The van der Waals surface area contributed by atoms with Crippen LogP contribution >= 0.6 is 11.8 Å². The van der Waals surface area contributed by atoms with Crippen LogP contribution in [0.25, 0.3) is 0 Å². The van der Waals surface area contributed by atoms with Gasteiger partial charge in [-0.15, -0.1) is 0 Å². The molecule has 0 amide bonds. The third-order valence-corrected chi connectivity index (χ3v) is 6.29. The van der Waals surface area contributed by atoms with Crippen molar-refractivity contribution in [1.82, 2.24) is 9.80 Å². The van der Waals surface area contributed by atoms with Crippen LogP contribution in [0.3, 0.4) is 0 Å². The van der Waals surface area contributed by atoms with E-state index in [1.807, 2.05) is 0 Å². The third kappa shape index (κ3) is 2.58. The normalized spacial score (nSPS) is 36.2. The van der Waals surface area contributed by atoms with Crippen molar-refractivity contribution in [3.05, 3.63) is 0 Å². The molecule has 0 aromatic carbocycles. The van der Waals surface area contributed by atoms with E-state index in [9.17, 15) is 0 Å². The first-order valence-electron chi connectivity index (χ1n) is 7.18. The molecule has 18 heavy (non-hydrogen) atoms. The van der Waals surface area contributed by atoms with Crippen LogP contribution in [-0.2, 0) is 0 Å². The van der Waals surface area contributed by atoms with Gasteiger partial charge in [0, 0.05) is 49.6 Å². The Morgan fingerprint density at radius 3 is 2.22 bits per heavy atom. The molecule has 0 aliphatic carbocycles. The van der Waals surface area contributed by atoms with Crippen LogP contribution in [0.2, 0.25) is 0 Å². The number of hydrogen-bond donors (Lipinski definition) is 1. The predicted molar refractivity (Wildman–Crippen MR) is 81.2 cm³/mol. The first-order valence-corrected chi connectivity index (χ1v) is 8.33. The van der Waals surface area contributed by atoms with Gasteiger partial charge in [-0.1, -0.05) is 6.92 Å². The van der Waals surface area contributed by atoms with Crippen LogP contribution < -0.4 is 5.73 Å². The molecule has 2 fully saturated rings. The van der Waals surface area contributed by atoms with E-state index < -0.39 is 0 Å². The standard InChI is InChI=1S/C14H29N3S/c1-12-9-18-11-14(12,10-15)17-7-5-16(6-8-17)13(2,3)4/h12H,5-11,15H2,1-4H3. The summed E-state index contributed by atoms with van der Waals surface area (Å²) in [4.78, 5) is 5.28. The van der Waals surface area contributed by atoms with Crippen molar-refractivity contribution in [3.8, 4) is 0 Å². The second kappa shape index (κ2) is 5.31. The number of nitrogens with zero attached hydrogens (tertiary/aromatic N) is 2. The highest BCUT2D eigenvalue weighted by Crippen LogP contribution is 2.38. The molecule has 2 aliphatic heterocycles. The first kappa shape index (κ1) is 14.6. The Balaban J connectivity index is 2.00. The smallest absolute Gasteiger partial charge is 0.0456 e. The molecule has 4 heteroatoms. The molecule has 2 atom stereocenters. The molecule has 0 radical (unpaired) electrons. The monoisotopic (exact) mass is 271 g/mol. The van der Waals surface area contributed by atoms with Crippen LogP contribution in [-0.4, -0.2) is 65.1 Å². The minimum atomic E-state index is 0.272. The van der Waals surface area contributed by atoms with Gasteiger partial charge < -0.3 is 5.73 Å². The number of thioether (sulfide) groups is 1. The van der Waals surface area contributed by atoms with Crippen molar-refractivity contribution < 1.29 is 0 Å². The van der Waals surface area contributed by atoms with Crippen LogP contribution in [0, 0.1) is 5.92 Å². The summed E-state index contributed by atoms with van der Waals surface area (Å²) in [5, 5.41) is 0. The molecule has 2 N–H and O–H groups in total. The molecular weight excluding hydrogens is 242 g/mol. The fourth-order valence-electron chi connectivity index (χ4n) is 3.32. The van der Waals surface area contributed by atoms with E-state index in [4.69, 9.17) is 5.73 Å². The number of nitrogens with two attached hydrogens (primary N) is 1. The molecule has 2 saturated heterocycles. The van der Waals surface area contributed by atoms with Gasteiger partial charge in [-0.2, -0.15) is 11.8 Å². The van der Waals surface area contributed by atoms with Crippen molar-refractivity contribution in [1.29, 1.82) is 0 Å². The average molecular weight is 271 g/mol. The molecule has 0 bridgehead atoms. The van der Waals surface area contributed by atoms with Gasteiger partial charge in [-0.25, -0.2) is 0 Å². The average Bonchev–Trinajstić information content (AvgIpc) is 2.71. The zero-order chi connectivity index (χ0) is 13.4. The summed E-state index contributed by atoms with van der Waals surface area (Å²) in [6.07, 6.45) is 0. The molecule has 2 heterocycles. The Morgan fingerprint density at radius 2 is 1.83 bits per heavy atom. The van der Waals surface area contributed by atoms with E-state index in [0.717, 1.165) is 12.5 Å². The molecule has 0 saturated carbocycles. The van der Waals surface area contributed by atoms with Gasteiger partial charge >= 0.3 is 0 Å². The van der Waals surface area contributed by atoms with Crippen LogP contribution in [0.15, 0.2) is 0 Å². The van der Waals surface area contributed by atoms with E-state index in [1.165, 1.54) is 37.7 Å². The van der Waals surface area contributed by atoms with Crippen LogP contribution in [0.5, 0.6) is 0 Å². The summed E-state index contributed by atoms with van der Waals surface area (Å²) in [5.41, 5.74) is 6.72. The molecule has 106 valence electrons. The second-order valence-electron chi connectivity index (χ2n) is 6.87. The maximum absolute atomic E-state index is 6.14. The fraction of sp³-hybridized carbons (Fsp3) is 1.00. The Bertz CT molecular complexity index is 281. The Morgan fingerprint density at radius 1 is 1.22 bits per heavy atom. The van der Waals surface area contributed by atoms with Gasteiger partial charge in [0.05, 0.1) is 0 Å². The zero-order valence-electron chi connectivity index (χ0n) is 12.4. The predicted octanol–water partition coefficient (Wildman–Crippen LogP) is 1.48. The van der Waals surface area contributed by atoms with Crippen molar-refractivity contribution in [3.63, 3.8) is 0 Å². The third-order valence-electron chi connectivity index (χ3n) is 4.85. The highest BCUT2D eigenvalue weighted by molar-refractivity contribution is 7.99. The fourth-order valence-corrected chi connectivity index (χ4v) is 5.04. The SMILES string of the molecule is CC1CSCC1(CN)N1CCN(C(C)(C)C)CC1. The van der Waals surface area contributed by atoms with Crippen molar-refractivity contribution in [2.24, 2.45) is 11.7 Å². The van der Waals surface area contributed by atoms with Gasteiger partial charge in [0.15, 0.2) is 0 Å². The zero-order valence-corrected chi connectivity index (χ0v) is 13.2. The maximum atomic E-state index is 6.14. The molecule has 3 nitrogen and oxygen atoms in total. The van der Waals surface area contributed by atoms with E-state index in [0.29, 0.717) is 5.54 Å². The molecule has 0 spiro atoms. The number of hydrogen-bond acceptors (Lipinski definition) is 4. The maximum Gasteiger partial charge on any atom is 0.0456 e. The van der Waals surface area contributed by atoms with Crippen molar-refractivity contribution >= 4 is 11.8 Å². The largest absolute Gasteiger partial charge is 0.329 e. The Kier molecular flexibility index (Phi) is 4.32. The molecule has 0 aromatic rings. The molecule has 2 rings (SSSR count). The molecule has 2 unspecified atom stereocenters. The first-order chi connectivity index (χ1) is 8.40. The summed E-state index contributed by atoms with van der Waals surface area (Å²) in [6, 6.07) is 0. The lowest BCUT2D eigenvalue weighted by Crippen LogP contribution is -2.64. The highest BCUT2D eigenvalue weighted by atomic mass is 32.2. The van der Waals surface area contributed by atoms with Crippen LogP contribution in [0.4, 0.5) is 0 Å². The van der Waals surface area contributed by atoms with E-state index in [1.54, 1.807) is 0 Å². The second-order valence-corrected chi connectivity index (χ2v) is 7.90. The van der Waals surface area contributed by atoms with Gasteiger partial charge in [0.2, 0.25) is 0 Å². The number of piperazine rings is 1. The van der Waals surface area contributed by atoms with Crippen molar-refractivity contribution in [2.75, 3.05) is 44.2 Å². The molecule has 2 aliphatic rings. The molecule has 0 aromatic heterocycles. The minimum Gasteiger partial charge on any atom is -0.329 e. The summed E-state index contributed by atoms with van der Waals surface area (Å²) in [6.45, 7) is 14.9.